The highest BCUT2D eigenvalue weighted by atomic mass is 16.5. The predicted molar refractivity (Wildman–Crippen MR) is 112 cm³/mol. The molecule has 0 bridgehead atoms. The van der Waals surface area contributed by atoms with Gasteiger partial charge in [-0.05, 0) is 43.4 Å². The van der Waals surface area contributed by atoms with Gasteiger partial charge in [0.05, 0.1) is 12.5 Å². The van der Waals surface area contributed by atoms with Crippen LogP contribution in [0.5, 0.6) is 5.75 Å². The summed E-state index contributed by atoms with van der Waals surface area (Å²) in [6.07, 6.45) is 5.96. The SMILES string of the molecule is CC[C@H](C)NC(=O)C1CN(Cc2ccc(OCCCCCC(C)C)cc2)C1. The molecule has 1 aromatic carbocycles. The van der Waals surface area contributed by atoms with Gasteiger partial charge in [0.2, 0.25) is 5.91 Å². The van der Waals surface area contributed by atoms with Crippen molar-refractivity contribution < 1.29 is 9.53 Å². The molecule has 4 nitrogen and oxygen atoms in total. The summed E-state index contributed by atoms with van der Waals surface area (Å²) in [6.45, 7) is 12.1. The standard InChI is InChI=1S/C23H38N2O2/c1-5-19(4)24-23(26)21-16-25(17-21)15-20-10-12-22(13-11-20)27-14-8-6-7-9-18(2)3/h10-13,18-19,21H,5-9,14-17H2,1-4H3,(H,24,26)/t19-/m0/s1. The van der Waals surface area contributed by atoms with E-state index in [0.717, 1.165) is 50.8 Å². The van der Waals surface area contributed by atoms with Crippen LogP contribution >= 0.6 is 0 Å². The van der Waals surface area contributed by atoms with Gasteiger partial charge in [0, 0.05) is 25.7 Å². The summed E-state index contributed by atoms with van der Waals surface area (Å²) >= 11 is 0. The van der Waals surface area contributed by atoms with E-state index in [1.54, 1.807) is 0 Å². The molecule has 1 saturated heterocycles. The van der Waals surface area contributed by atoms with Crippen molar-refractivity contribution in [3.05, 3.63) is 29.8 Å². The van der Waals surface area contributed by atoms with Gasteiger partial charge in [0.25, 0.3) is 0 Å². The van der Waals surface area contributed by atoms with Crippen molar-refractivity contribution in [3.8, 4) is 5.75 Å². The van der Waals surface area contributed by atoms with E-state index in [1.807, 2.05) is 0 Å². The molecular weight excluding hydrogens is 336 g/mol. The Kier molecular flexibility index (Phi) is 9.12. The largest absolute Gasteiger partial charge is 0.494 e. The third-order valence-electron chi connectivity index (χ3n) is 5.35. The molecule has 1 aromatic rings. The first-order valence-electron chi connectivity index (χ1n) is 10.7. The molecule has 2 rings (SSSR count). The van der Waals surface area contributed by atoms with Crippen LogP contribution < -0.4 is 10.1 Å². The minimum atomic E-state index is 0.150. The summed E-state index contributed by atoms with van der Waals surface area (Å²) in [7, 11) is 0. The van der Waals surface area contributed by atoms with E-state index in [1.165, 1.54) is 24.8 Å². The highest BCUT2D eigenvalue weighted by molar-refractivity contribution is 5.80. The molecule has 0 spiro atoms. The zero-order valence-corrected chi connectivity index (χ0v) is 17.7. The number of nitrogens with one attached hydrogen (secondary N) is 1. The summed E-state index contributed by atoms with van der Waals surface area (Å²) in [5.41, 5.74) is 1.28. The Hall–Kier alpha value is -1.55. The van der Waals surface area contributed by atoms with Crippen molar-refractivity contribution in [2.24, 2.45) is 11.8 Å². The van der Waals surface area contributed by atoms with Crippen LogP contribution in [-0.2, 0) is 11.3 Å². The minimum absolute atomic E-state index is 0.150. The van der Waals surface area contributed by atoms with Crippen molar-refractivity contribution in [2.45, 2.75) is 72.4 Å². The normalized spacial score (nSPS) is 16.2. The third-order valence-corrected chi connectivity index (χ3v) is 5.35. The summed E-state index contributed by atoms with van der Waals surface area (Å²) in [4.78, 5) is 14.4. The lowest BCUT2D eigenvalue weighted by Crippen LogP contribution is -2.54. The Labute approximate surface area is 165 Å². The quantitative estimate of drug-likeness (QED) is 0.542. The summed E-state index contributed by atoms with van der Waals surface area (Å²) < 4.78 is 5.84. The summed E-state index contributed by atoms with van der Waals surface area (Å²) in [5.74, 6) is 2.11. The van der Waals surface area contributed by atoms with Gasteiger partial charge >= 0.3 is 0 Å². The third kappa shape index (κ3) is 7.92. The maximum atomic E-state index is 12.1. The zero-order valence-electron chi connectivity index (χ0n) is 17.7. The molecule has 4 heteroatoms. The molecule has 1 N–H and O–H groups in total. The van der Waals surface area contributed by atoms with Crippen molar-refractivity contribution >= 4 is 5.91 Å². The fourth-order valence-electron chi connectivity index (χ4n) is 3.30. The van der Waals surface area contributed by atoms with Crippen LogP contribution in [0, 0.1) is 11.8 Å². The molecule has 1 amide bonds. The second-order valence-electron chi connectivity index (χ2n) is 8.44. The topological polar surface area (TPSA) is 41.6 Å². The average molecular weight is 375 g/mol. The molecule has 0 saturated carbocycles. The summed E-state index contributed by atoms with van der Waals surface area (Å²) in [6, 6.07) is 8.68. The van der Waals surface area contributed by atoms with Gasteiger partial charge in [-0.3, -0.25) is 9.69 Å². The number of likely N-dealkylation sites (tertiary alicyclic amines) is 1. The van der Waals surface area contributed by atoms with E-state index in [2.05, 4.69) is 62.2 Å². The number of benzene rings is 1. The van der Waals surface area contributed by atoms with E-state index >= 15 is 0 Å². The van der Waals surface area contributed by atoms with Gasteiger partial charge in [-0.15, -0.1) is 0 Å². The number of unbranched alkanes of at least 4 members (excludes halogenated alkanes) is 2. The van der Waals surface area contributed by atoms with Crippen molar-refractivity contribution in [1.29, 1.82) is 0 Å². The molecule has 1 aliphatic rings. The van der Waals surface area contributed by atoms with E-state index < -0.39 is 0 Å². The first kappa shape index (κ1) is 21.7. The van der Waals surface area contributed by atoms with Crippen LogP contribution in [0.4, 0.5) is 0 Å². The molecule has 1 atom stereocenters. The Morgan fingerprint density at radius 1 is 1.15 bits per heavy atom. The Morgan fingerprint density at radius 3 is 2.48 bits per heavy atom. The first-order chi connectivity index (χ1) is 13.0. The molecule has 1 fully saturated rings. The number of hydrogen-bond acceptors (Lipinski definition) is 3. The van der Waals surface area contributed by atoms with Crippen LogP contribution in [0.15, 0.2) is 24.3 Å². The number of carbonyl (C=O) groups excluding carboxylic acids is 1. The molecule has 0 unspecified atom stereocenters. The van der Waals surface area contributed by atoms with E-state index in [9.17, 15) is 4.79 Å². The molecule has 0 radical (unpaired) electrons. The van der Waals surface area contributed by atoms with Gasteiger partial charge in [-0.1, -0.05) is 52.2 Å². The fraction of sp³-hybridized carbons (Fsp3) is 0.696. The molecule has 1 heterocycles. The lowest BCUT2D eigenvalue weighted by Gasteiger charge is -2.38. The maximum Gasteiger partial charge on any atom is 0.225 e. The molecule has 27 heavy (non-hydrogen) atoms. The van der Waals surface area contributed by atoms with Crippen molar-refractivity contribution in [1.82, 2.24) is 10.2 Å². The second-order valence-corrected chi connectivity index (χ2v) is 8.44. The average Bonchev–Trinajstić information content (AvgIpc) is 2.61. The lowest BCUT2D eigenvalue weighted by molar-refractivity contribution is -0.131. The lowest BCUT2D eigenvalue weighted by atomic mass is 9.97. The van der Waals surface area contributed by atoms with Gasteiger partial charge in [0.1, 0.15) is 5.75 Å². The zero-order chi connectivity index (χ0) is 19.6. The number of nitrogens with zero attached hydrogens (tertiary/aromatic N) is 1. The predicted octanol–water partition coefficient (Wildman–Crippen LogP) is 4.63. The number of amides is 1. The van der Waals surface area contributed by atoms with Gasteiger partial charge in [0.15, 0.2) is 0 Å². The monoisotopic (exact) mass is 374 g/mol. The Balaban J connectivity index is 1.60. The van der Waals surface area contributed by atoms with Crippen LogP contribution in [0.3, 0.4) is 0 Å². The number of ether oxygens (including phenoxy) is 1. The summed E-state index contributed by atoms with van der Waals surface area (Å²) in [5, 5.41) is 3.08. The highest BCUT2D eigenvalue weighted by Crippen LogP contribution is 2.21. The van der Waals surface area contributed by atoms with Gasteiger partial charge in [-0.2, -0.15) is 0 Å². The number of carbonyl (C=O) groups is 1. The van der Waals surface area contributed by atoms with Gasteiger partial charge in [-0.25, -0.2) is 0 Å². The molecular formula is C23H38N2O2. The van der Waals surface area contributed by atoms with E-state index in [4.69, 9.17) is 4.74 Å². The fourth-order valence-corrected chi connectivity index (χ4v) is 3.30. The number of rotatable bonds is 12. The molecule has 1 aliphatic heterocycles. The molecule has 0 aliphatic carbocycles. The van der Waals surface area contributed by atoms with Crippen LogP contribution in [0.25, 0.3) is 0 Å². The first-order valence-corrected chi connectivity index (χ1v) is 10.7. The van der Waals surface area contributed by atoms with Crippen LogP contribution in [-0.4, -0.2) is 36.5 Å². The van der Waals surface area contributed by atoms with Crippen LogP contribution in [0.2, 0.25) is 0 Å². The van der Waals surface area contributed by atoms with Crippen molar-refractivity contribution in [2.75, 3.05) is 19.7 Å². The smallest absolute Gasteiger partial charge is 0.225 e. The van der Waals surface area contributed by atoms with E-state index in [-0.39, 0.29) is 17.9 Å². The highest BCUT2D eigenvalue weighted by Gasteiger charge is 2.32. The Bertz CT molecular complexity index is 550. The maximum absolute atomic E-state index is 12.1. The minimum Gasteiger partial charge on any atom is -0.494 e. The van der Waals surface area contributed by atoms with Crippen LogP contribution in [0.1, 0.15) is 65.4 Å². The molecule has 0 aromatic heterocycles. The molecule has 152 valence electrons. The van der Waals surface area contributed by atoms with Crippen molar-refractivity contribution in [3.63, 3.8) is 0 Å². The Morgan fingerprint density at radius 2 is 1.85 bits per heavy atom. The van der Waals surface area contributed by atoms with Gasteiger partial charge < -0.3 is 10.1 Å². The van der Waals surface area contributed by atoms with E-state index in [0.29, 0.717) is 0 Å². The number of hydrogen-bond donors (Lipinski definition) is 1. The second kappa shape index (κ2) is 11.3.